The molecule has 0 aromatic carbocycles. The van der Waals surface area contributed by atoms with Crippen molar-refractivity contribution in [2.45, 2.75) is 31.9 Å². The van der Waals surface area contributed by atoms with Crippen LogP contribution in [0.15, 0.2) is 18.3 Å². The fourth-order valence-corrected chi connectivity index (χ4v) is 1.94. The van der Waals surface area contributed by atoms with Gasteiger partial charge in [0.2, 0.25) is 5.95 Å². The summed E-state index contributed by atoms with van der Waals surface area (Å²) in [5, 5.41) is 16.7. The molecule has 2 aromatic heterocycles. The zero-order valence-corrected chi connectivity index (χ0v) is 9.09. The highest BCUT2D eigenvalue weighted by atomic mass is 16.3. The van der Waals surface area contributed by atoms with E-state index in [0.717, 1.165) is 24.1 Å². The Morgan fingerprint density at radius 1 is 1.44 bits per heavy atom. The summed E-state index contributed by atoms with van der Waals surface area (Å²) in [6.07, 6.45) is 3.36. The molecule has 1 aliphatic carbocycles. The fraction of sp³-hybridized carbons (Fsp3) is 0.455. The minimum atomic E-state index is -0.156. The van der Waals surface area contributed by atoms with Crippen molar-refractivity contribution >= 4 is 11.6 Å². The van der Waals surface area contributed by atoms with Gasteiger partial charge in [0.15, 0.2) is 5.65 Å². The van der Waals surface area contributed by atoms with E-state index in [9.17, 15) is 5.11 Å². The summed E-state index contributed by atoms with van der Waals surface area (Å²) in [5.41, 5.74) is 2.00. The van der Waals surface area contributed by atoms with E-state index in [1.807, 2.05) is 25.3 Å². The Kier molecular flexibility index (Phi) is 2.07. The van der Waals surface area contributed by atoms with Crippen molar-refractivity contribution in [3.8, 4) is 0 Å². The van der Waals surface area contributed by atoms with Crippen molar-refractivity contribution < 1.29 is 5.11 Å². The first kappa shape index (κ1) is 9.59. The standard InChI is InChI=1S/C11H14N4O/c1-7-2-3-10-13-11(14-15(10)6-7)12-8-4-9(16)5-8/h2-3,6,8-9,16H,4-5H2,1H3,(H,12,14). The van der Waals surface area contributed by atoms with E-state index >= 15 is 0 Å². The molecule has 84 valence electrons. The van der Waals surface area contributed by atoms with Crippen LogP contribution in [0, 0.1) is 6.92 Å². The molecular formula is C11H14N4O. The second-order valence-electron chi connectivity index (χ2n) is 4.41. The van der Waals surface area contributed by atoms with E-state index in [0.29, 0.717) is 12.0 Å². The van der Waals surface area contributed by atoms with E-state index in [4.69, 9.17) is 0 Å². The smallest absolute Gasteiger partial charge is 0.243 e. The summed E-state index contributed by atoms with van der Waals surface area (Å²) in [6.45, 7) is 2.02. The van der Waals surface area contributed by atoms with E-state index in [1.54, 1.807) is 4.52 Å². The fourth-order valence-electron chi connectivity index (χ4n) is 1.94. The van der Waals surface area contributed by atoms with Gasteiger partial charge in [-0.25, -0.2) is 4.52 Å². The molecular weight excluding hydrogens is 204 g/mol. The number of nitrogens with one attached hydrogen (secondary N) is 1. The lowest BCUT2D eigenvalue weighted by atomic mass is 9.90. The molecule has 1 aliphatic rings. The number of aromatic nitrogens is 3. The van der Waals surface area contributed by atoms with Crippen LogP contribution in [0.3, 0.4) is 0 Å². The summed E-state index contributed by atoms with van der Waals surface area (Å²) in [7, 11) is 0. The Morgan fingerprint density at radius 2 is 2.25 bits per heavy atom. The first-order chi connectivity index (χ1) is 7.70. The topological polar surface area (TPSA) is 62.5 Å². The molecule has 0 saturated heterocycles. The van der Waals surface area contributed by atoms with Crippen molar-refractivity contribution in [1.29, 1.82) is 0 Å². The average Bonchev–Trinajstić information content (AvgIpc) is 2.57. The Hall–Kier alpha value is -1.62. The number of nitrogens with zero attached hydrogens (tertiary/aromatic N) is 3. The number of anilines is 1. The van der Waals surface area contributed by atoms with E-state index < -0.39 is 0 Å². The number of pyridine rings is 1. The van der Waals surface area contributed by atoms with Gasteiger partial charge in [-0.1, -0.05) is 6.07 Å². The third-order valence-corrected chi connectivity index (χ3v) is 2.93. The van der Waals surface area contributed by atoms with Gasteiger partial charge in [0.25, 0.3) is 0 Å². The summed E-state index contributed by atoms with van der Waals surface area (Å²) in [5.74, 6) is 0.641. The van der Waals surface area contributed by atoms with Crippen LogP contribution in [0.5, 0.6) is 0 Å². The summed E-state index contributed by atoms with van der Waals surface area (Å²) in [4.78, 5) is 4.36. The van der Waals surface area contributed by atoms with Crippen molar-refractivity contribution in [3.05, 3.63) is 23.9 Å². The highest BCUT2D eigenvalue weighted by molar-refractivity contribution is 5.44. The van der Waals surface area contributed by atoms with Gasteiger partial charge in [-0.3, -0.25) is 0 Å². The second kappa shape index (κ2) is 3.45. The molecule has 0 bridgehead atoms. The van der Waals surface area contributed by atoms with Crippen LogP contribution < -0.4 is 5.32 Å². The lowest BCUT2D eigenvalue weighted by molar-refractivity contribution is 0.0834. The number of aryl methyl sites for hydroxylation is 1. The maximum Gasteiger partial charge on any atom is 0.243 e. The molecule has 3 rings (SSSR count). The average molecular weight is 218 g/mol. The molecule has 0 radical (unpaired) electrons. The summed E-state index contributed by atoms with van der Waals surface area (Å²) in [6, 6.07) is 4.28. The molecule has 0 unspecified atom stereocenters. The summed E-state index contributed by atoms with van der Waals surface area (Å²) < 4.78 is 1.77. The van der Waals surface area contributed by atoms with Crippen LogP contribution in [0.2, 0.25) is 0 Å². The van der Waals surface area contributed by atoms with Crippen molar-refractivity contribution in [1.82, 2.24) is 14.6 Å². The predicted molar refractivity (Wildman–Crippen MR) is 60.4 cm³/mol. The van der Waals surface area contributed by atoms with Crippen molar-refractivity contribution in [3.63, 3.8) is 0 Å². The number of hydrogen-bond acceptors (Lipinski definition) is 4. The van der Waals surface area contributed by atoms with Crippen LogP contribution in [0.4, 0.5) is 5.95 Å². The predicted octanol–water partition coefficient (Wildman–Crippen LogP) is 0.973. The van der Waals surface area contributed by atoms with E-state index in [1.165, 1.54) is 0 Å². The highest BCUT2D eigenvalue weighted by Gasteiger charge is 2.27. The zero-order chi connectivity index (χ0) is 11.1. The van der Waals surface area contributed by atoms with E-state index in [-0.39, 0.29) is 6.10 Å². The number of fused-ring (bicyclic) bond motifs is 1. The number of hydrogen-bond donors (Lipinski definition) is 2. The molecule has 2 aromatic rings. The minimum absolute atomic E-state index is 0.156. The van der Waals surface area contributed by atoms with Gasteiger partial charge in [0, 0.05) is 12.2 Å². The molecule has 1 fully saturated rings. The Bertz CT molecular complexity index is 516. The molecule has 5 nitrogen and oxygen atoms in total. The molecule has 0 amide bonds. The van der Waals surface area contributed by atoms with E-state index in [2.05, 4.69) is 15.4 Å². The first-order valence-electron chi connectivity index (χ1n) is 5.48. The van der Waals surface area contributed by atoms with Gasteiger partial charge in [-0.05, 0) is 31.4 Å². The monoisotopic (exact) mass is 218 g/mol. The van der Waals surface area contributed by atoms with Gasteiger partial charge < -0.3 is 10.4 Å². The van der Waals surface area contributed by atoms with Crippen molar-refractivity contribution in [2.24, 2.45) is 0 Å². The molecule has 0 atom stereocenters. The Morgan fingerprint density at radius 3 is 3.00 bits per heavy atom. The van der Waals surface area contributed by atoms with Crippen LogP contribution >= 0.6 is 0 Å². The third-order valence-electron chi connectivity index (χ3n) is 2.93. The number of rotatable bonds is 2. The lowest BCUT2D eigenvalue weighted by Gasteiger charge is -2.31. The second-order valence-corrected chi connectivity index (χ2v) is 4.41. The third kappa shape index (κ3) is 1.63. The van der Waals surface area contributed by atoms with Crippen LogP contribution in [0.25, 0.3) is 5.65 Å². The van der Waals surface area contributed by atoms with Gasteiger partial charge in [-0.2, -0.15) is 4.98 Å². The lowest BCUT2D eigenvalue weighted by Crippen LogP contribution is -2.39. The first-order valence-corrected chi connectivity index (χ1v) is 5.48. The Balaban J connectivity index is 1.82. The quantitative estimate of drug-likeness (QED) is 0.788. The van der Waals surface area contributed by atoms with Crippen molar-refractivity contribution in [2.75, 3.05) is 5.32 Å². The minimum Gasteiger partial charge on any atom is -0.393 e. The van der Waals surface area contributed by atoms with Gasteiger partial charge >= 0.3 is 0 Å². The molecule has 1 saturated carbocycles. The maximum absolute atomic E-state index is 9.19. The van der Waals surface area contributed by atoms with Crippen LogP contribution in [-0.4, -0.2) is 31.9 Å². The largest absolute Gasteiger partial charge is 0.393 e. The number of aliphatic hydroxyl groups is 1. The maximum atomic E-state index is 9.19. The van der Waals surface area contributed by atoms with Crippen LogP contribution in [0.1, 0.15) is 18.4 Å². The zero-order valence-electron chi connectivity index (χ0n) is 9.09. The molecule has 16 heavy (non-hydrogen) atoms. The SMILES string of the molecule is Cc1ccc2nc(NC3CC(O)C3)nn2c1. The van der Waals surface area contributed by atoms with Gasteiger partial charge in [0.05, 0.1) is 6.10 Å². The number of aliphatic hydroxyl groups excluding tert-OH is 1. The molecule has 2 heterocycles. The molecule has 0 aliphatic heterocycles. The normalized spacial score (nSPS) is 24.4. The molecule has 5 heteroatoms. The molecule has 0 spiro atoms. The molecule has 2 N–H and O–H groups in total. The van der Waals surface area contributed by atoms with Crippen LogP contribution in [-0.2, 0) is 0 Å². The summed E-state index contributed by atoms with van der Waals surface area (Å²) >= 11 is 0. The Labute approximate surface area is 93.1 Å². The van der Waals surface area contributed by atoms with Gasteiger partial charge in [-0.15, -0.1) is 5.10 Å². The van der Waals surface area contributed by atoms with Gasteiger partial charge in [0.1, 0.15) is 0 Å². The highest BCUT2D eigenvalue weighted by Crippen LogP contribution is 2.22.